The molecule has 1 aliphatic rings. The molecular formula is C19H18FN3O2S. The zero-order chi connectivity index (χ0) is 18.3. The average molecular weight is 371 g/mol. The van der Waals surface area contributed by atoms with Gasteiger partial charge in [-0.15, -0.1) is 0 Å². The highest BCUT2D eigenvalue weighted by atomic mass is 32.2. The highest BCUT2D eigenvalue weighted by molar-refractivity contribution is 7.99. The van der Waals surface area contributed by atoms with Gasteiger partial charge in [0.15, 0.2) is 0 Å². The largest absolute Gasteiger partial charge is 0.330 e. The highest BCUT2D eigenvalue weighted by Crippen LogP contribution is 2.40. The monoisotopic (exact) mass is 371 g/mol. The fourth-order valence-electron chi connectivity index (χ4n) is 3.33. The quantitative estimate of drug-likeness (QED) is 0.547. The number of hydroxylamine groups is 1. The number of amides is 1. The van der Waals surface area contributed by atoms with Crippen LogP contribution >= 0.6 is 11.8 Å². The summed E-state index contributed by atoms with van der Waals surface area (Å²) in [5.74, 6) is -0.770. The lowest BCUT2D eigenvalue weighted by molar-refractivity contribution is 0.0706. The van der Waals surface area contributed by atoms with Crippen LogP contribution in [0.5, 0.6) is 0 Å². The Hall–Kier alpha value is -2.35. The second-order valence-corrected chi connectivity index (χ2v) is 7.49. The molecule has 26 heavy (non-hydrogen) atoms. The van der Waals surface area contributed by atoms with Gasteiger partial charge in [0.1, 0.15) is 5.82 Å². The highest BCUT2D eigenvalue weighted by Gasteiger charge is 2.23. The van der Waals surface area contributed by atoms with Gasteiger partial charge < -0.3 is 4.57 Å². The smallest absolute Gasteiger partial charge is 0.274 e. The molecule has 134 valence electrons. The molecule has 1 amide bonds. The second-order valence-electron chi connectivity index (χ2n) is 6.40. The summed E-state index contributed by atoms with van der Waals surface area (Å²) in [6.45, 7) is 1.70. The molecule has 1 aromatic heterocycles. The van der Waals surface area contributed by atoms with Crippen molar-refractivity contribution in [1.29, 1.82) is 0 Å². The number of fused-ring (bicyclic) bond motifs is 3. The summed E-state index contributed by atoms with van der Waals surface area (Å²) in [6.07, 6.45) is 0.903. The van der Waals surface area contributed by atoms with E-state index in [9.17, 15) is 9.18 Å². The van der Waals surface area contributed by atoms with Gasteiger partial charge in [-0.25, -0.2) is 9.87 Å². The Bertz CT molecular complexity index is 985. The fourth-order valence-corrected chi connectivity index (χ4v) is 4.45. The van der Waals surface area contributed by atoms with E-state index in [1.807, 2.05) is 18.2 Å². The zero-order valence-electron chi connectivity index (χ0n) is 14.2. The van der Waals surface area contributed by atoms with Crippen molar-refractivity contribution in [2.75, 3.05) is 13.6 Å². The molecule has 4 rings (SSSR count). The van der Waals surface area contributed by atoms with Gasteiger partial charge in [-0.3, -0.25) is 14.9 Å². The molecule has 2 aromatic carbocycles. The number of nitrogens with zero attached hydrogens (tertiary/aromatic N) is 2. The maximum Gasteiger partial charge on any atom is 0.274 e. The molecule has 0 aliphatic carbocycles. The van der Waals surface area contributed by atoms with Crippen LogP contribution in [0.2, 0.25) is 0 Å². The molecule has 3 aromatic rings. The number of carbonyl (C=O) groups excluding carboxylic acids is 1. The number of likely N-dealkylation sites (N-methyl/N-ethyl adjacent to an activating group) is 1. The van der Waals surface area contributed by atoms with Gasteiger partial charge in [-0.2, -0.15) is 0 Å². The van der Waals surface area contributed by atoms with Crippen molar-refractivity contribution in [3.8, 4) is 0 Å². The third-order valence-corrected chi connectivity index (χ3v) is 5.80. The molecule has 0 radical (unpaired) electrons. The summed E-state index contributed by atoms with van der Waals surface area (Å²) in [6, 6.07) is 12.0. The summed E-state index contributed by atoms with van der Waals surface area (Å²) in [5, 5.41) is 9.76. The Kier molecular flexibility index (Phi) is 4.44. The van der Waals surface area contributed by atoms with Crippen molar-refractivity contribution in [3.63, 3.8) is 0 Å². The number of hydrogen-bond donors (Lipinski definition) is 2. The minimum Gasteiger partial charge on any atom is -0.330 e. The number of halogens is 1. The SMILES string of the molecule is CN1CCc2c(Sc3ccc(C(=O)NO)cc3)c3ccc(F)cc3n2C1. The lowest BCUT2D eigenvalue weighted by Gasteiger charge is -2.26. The minimum absolute atomic E-state index is 0.234. The molecule has 0 unspecified atom stereocenters. The minimum atomic E-state index is -0.535. The predicted octanol–water partition coefficient (Wildman–Crippen LogP) is 3.50. The van der Waals surface area contributed by atoms with Crippen LogP contribution in [0.15, 0.2) is 52.3 Å². The maximum atomic E-state index is 13.8. The van der Waals surface area contributed by atoms with Crippen LogP contribution in [0.25, 0.3) is 10.9 Å². The van der Waals surface area contributed by atoms with E-state index in [0.717, 1.165) is 40.3 Å². The van der Waals surface area contributed by atoms with Crippen LogP contribution in [0.4, 0.5) is 4.39 Å². The second kappa shape index (κ2) is 6.75. The van der Waals surface area contributed by atoms with E-state index < -0.39 is 5.91 Å². The fraction of sp³-hybridized carbons (Fsp3) is 0.211. The molecule has 0 spiro atoms. The Morgan fingerprint density at radius 2 is 2.00 bits per heavy atom. The summed E-state index contributed by atoms with van der Waals surface area (Å²) in [4.78, 5) is 15.8. The Balaban J connectivity index is 1.76. The summed E-state index contributed by atoms with van der Waals surface area (Å²) < 4.78 is 16.0. The average Bonchev–Trinajstić information content (AvgIpc) is 2.94. The lowest BCUT2D eigenvalue weighted by Crippen LogP contribution is -2.30. The number of aromatic nitrogens is 1. The van der Waals surface area contributed by atoms with Crippen molar-refractivity contribution < 1.29 is 14.4 Å². The zero-order valence-corrected chi connectivity index (χ0v) is 15.0. The standard InChI is InChI=1S/C19H18FN3O2S/c1-22-9-8-16-18(15-7-4-13(20)10-17(15)23(16)11-22)26-14-5-2-12(3-6-14)19(24)21-25/h2-7,10,25H,8-9,11H2,1H3,(H,21,24). The summed E-state index contributed by atoms with van der Waals surface area (Å²) in [5.41, 5.74) is 4.15. The van der Waals surface area contributed by atoms with Crippen LogP contribution in [-0.4, -0.2) is 34.2 Å². The van der Waals surface area contributed by atoms with Gasteiger partial charge in [0.25, 0.3) is 5.91 Å². The van der Waals surface area contributed by atoms with Gasteiger partial charge in [0, 0.05) is 39.4 Å². The van der Waals surface area contributed by atoms with Crippen molar-refractivity contribution in [1.82, 2.24) is 14.9 Å². The van der Waals surface area contributed by atoms with Crippen molar-refractivity contribution >= 4 is 28.6 Å². The van der Waals surface area contributed by atoms with E-state index in [2.05, 4.69) is 16.5 Å². The lowest BCUT2D eigenvalue weighted by atomic mass is 10.2. The first kappa shape index (κ1) is 17.1. The van der Waals surface area contributed by atoms with Gasteiger partial charge in [-0.1, -0.05) is 11.8 Å². The number of carbonyl (C=O) groups is 1. The predicted molar refractivity (Wildman–Crippen MR) is 98.0 cm³/mol. The molecule has 1 aliphatic heterocycles. The first-order valence-electron chi connectivity index (χ1n) is 8.28. The molecule has 7 heteroatoms. The van der Waals surface area contributed by atoms with Gasteiger partial charge in [0.2, 0.25) is 0 Å². The van der Waals surface area contributed by atoms with Crippen molar-refractivity contribution in [2.45, 2.75) is 22.9 Å². The van der Waals surface area contributed by atoms with Crippen LogP contribution in [0, 0.1) is 5.82 Å². The van der Waals surface area contributed by atoms with E-state index in [0.29, 0.717) is 5.56 Å². The van der Waals surface area contributed by atoms with Crippen LogP contribution in [0.3, 0.4) is 0 Å². The van der Waals surface area contributed by atoms with E-state index in [4.69, 9.17) is 5.21 Å². The topological polar surface area (TPSA) is 57.5 Å². The number of rotatable bonds is 3. The Labute approximate surface area is 154 Å². The van der Waals surface area contributed by atoms with Gasteiger partial charge in [-0.05, 0) is 49.5 Å². The van der Waals surface area contributed by atoms with Crippen LogP contribution in [-0.2, 0) is 13.1 Å². The van der Waals surface area contributed by atoms with E-state index in [-0.39, 0.29) is 5.82 Å². The molecule has 0 saturated carbocycles. The summed E-state index contributed by atoms with van der Waals surface area (Å²) in [7, 11) is 2.06. The van der Waals surface area contributed by atoms with E-state index >= 15 is 0 Å². The molecule has 0 saturated heterocycles. The van der Waals surface area contributed by atoms with Crippen molar-refractivity contribution in [2.24, 2.45) is 0 Å². The van der Waals surface area contributed by atoms with Crippen LogP contribution in [0.1, 0.15) is 16.1 Å². The maximum absolute atomic E-state index is 13.8. The first-order valence-corrected chi connectivity index (χ1v) is 9.10. The number of hydrogen-bond acceptors (Lipinski definition) is 4. The third-order valence-electron chi connectivity index (χ3n) is 4.63. The first-order chi connectivity index (χ1) is 12.6. The molecule has 0 atom stereocenters. The molecular weight excluding hydrogens is 353 g/mol. The molecule has 2 N–H and O–H groups in total. The summed E-state index contributed by atoms with van der Waals surface area (Å²) >= 11 is 1.62. The molecule has 2 heterocycles. The van der Waals surface area contributed by atoms with E-state index in [1.165, 1.54) is 11.8 Å². The third kappa shape index (κ3) is 2.98. The number of benzene rings is 2. The molecule has 0 bridgehead atoms. The normalized spacial score (nSPS) is 14.4. The number of nitrogens with one attached hydrogen (secondary N) is 1. The van der Waals surface area contributed by atoms with Crippen molar-refractivity contribution in [3.05, 3.63) is 59.5 Å². The van der Waals surface area contributed by atoms with Crippen LogP contribution < -0.4 is 5.48 Å². The molecule has 0 fully saturated rings. The van der Waals surface area contributed by atoms with Gasteiger partial charge in [0.05, 0.1) is 12.2 Å². The Morgan fingerprint density at radius 1 is 1.23 bits per heavy atom. The molecule has 5 nitrogen and oxygen atoms in total. The van der Waals surface area contributed by atoms with E-state index in [1.54, 1.807) is 35.4 Å². The van der Waals surface area contributed by atoms with Gasteiger partial charge >= 0.3 is 0 Å². The Morgan fingerprint density at radius 3 is 2.73 bits per heavy atom.